The van der Waals surface area contributed by atoms with E-state index in [0.717, 1.165) is 24.7 Å². The molecule has 0 aliphatic carbocycles. The third kappa shape index (κ3) is 3.62. The van der Waals surface area contributed by atoms with Crippen molar-refractivity contribution >= 4 is 6.03 Å². The molecule has 2 atom stereocenters. The fraction of sp³-hybridized carbons (Fsp3) is 0.471. The van der Waals surface area contributed by atoms with Gasteiger partial charge in [0.2, 0.25) is 0 Å². The van der Waals surface area contributed by atoms with E-state index in [1.807, 2.05) is 18.5 Å². The van der Waals surface area contributed by atoms with E-state index in [-0.39, 0.29) is 18.0 Å². The smallest absolute Gasteiger partial charge is 0.318 e. The minimum Gasteiger partial charge on any atom is -0.337 e. The average Bonchev–Trinajstić information content (AvgIpc) is 3.23. The maximum absolute atomic E-state index is 13.3. The van der Waals surface area contributed by atoms with E-state index in [2.05, 4.69) is 15.5 Å². The molecule has 1 saturated heterocycles. The van der Waals surface area contributed by atoms with Gasteiger partial charge in [-0.25, -0.2) is 13.6 Å². The number of halogens is 2. The summed E-state index contributed by atoms with van der Waals surface area (Å²) in [6, 6.07) is 3.54. The summed E-state index contributed by atoms with van der Waals surface area (Å²) in [4.78, 5) is 14.3. The fourth-order valence-corrected chi connectivity index (χ4v) is 3.15. The first-order chi connectivity index (χ1) is 12.0. The maximum atomic E-state index is 13.3. The highest BCUT2D eigenvalue weighted by Gasteiger charge is 2.32. The van der Waals surface area contributed by atoms with Crippen molar-refractivity contribution in [1.82, 2.24) is 25.0 Å². The summed E-state index contributed by atoms with van der Waals surface area (Å²) in [7, 11) is 1.86. The van der Waals surface area contributed by atoms with Crippen molar-refractivity contribution in [2.45, 2.75) is 31.7 Å². The summed E-state index contributed by atoms with van der Waals surface area (Å²) >= 11 is 0. The van der Waals surface area contributed by atoms with Crippen molar-refractivity contribution in [3.63, 3.8) is 0 Å². The molecule has 6 nitrogen and oxygen atoms in total. The molecule has 0 spiro atoms. The number of urea groups is 1. The number of hydrogen-bond acceptors (Lipinski definition) is 3. The van der Waals surface area contributed by atoms with Crippen LogP contribution in [0.2, 0.25) is 0 Å². The van der Waals surface area contributed by atoms with E-state index >= 15 is 0 Å². The van der Waals surface area contributed by atoms with E-state index in [1.54, 1.807) is 11.2 Å². The van der Waals surface area contributed by atoms with Gasteiger partial charge in [-0.3, -0.25) is 0 Å². The van der Waals surface area contributed by atoms with E-state index in [1.165, 1.54) is 12.1 Å². The van der Waals surface area contributed by atoms with Crippen LogP contribution in [0, 0.1) is 11.6 Å². The molecule has 0 bridgehead atoms. The van der Waals surface area contributed by atoms with Gasteiger partial charge in [-0.15, -0.1) is 10.2 Å². The second-order valence-corrected chi connectivity index (χ2v) is 6.41. The molecule has 0 radical (unpaired) electrons. The number of benzene rings is 1. The Bertz CT molecular complexity index is 763. The Hall–Kier alpha value is -2.51. The molecule has 2 heterocycles. The Morgan fingerprint density at radius 1 is 1.40 bits per heavy atom. The number of carbonyl (C=O) groups excluding carboxylic acids is 1. The summed E-state index contributed by atoms with van der Waals surface area (Å²) in [5, 5.41) is 10.9. The van der Waals surface area contributed by atoms with Gasteiger partial charge in [-0.05, 0) is 36.5 Å². The first kappa shape index (κ1) is 17.3. The van der Waals surface area contributed by atoms with E-state index in [9.17, 15) is 13.6 Å². The second kappa shape index (κ2) is 7.16. The number of aromatic nitrogens is 3. The van der Waals surface area contributed by atoms with E-state index in [4.69, 9.17) is 0 Å². The maximum Gasteiger partial charge on any atom is 0.318 e. The predicted octanol–water partition coefficient (Wildman–Crippen LogP) is 2.74. The zero-order valence-corrected chi connectivity index (χ0v) is 14.2. The quantitative estimate of drug-likeness (QED) is 0.923. The molecule has 1 fully saturated rings. The fourth-order valence-electron chi connectivity index (χ4n) is 3.15. The van der Waals surface area contributed by atoms with Gasteiger partial charge < -0.3 is 14.8 Å². The third-order valence-corrected chi connectivity index (χ3v) is 4.63. The number of rotatable bonds is 4. The topological polar surface area (TPSA) is 63.1 Å². The summed E-state index contributed by atoms with van der Waals surface area (Å²) < 4.78 is 28.2. The first-order valence-corrected chi connectivity index (χ1v) is 8.30. The molecule has 2 aromatic rings. The molecule has 8 heteroatoms. The molecule has 2 unspecified atom stereocenters. The van der Waals surface area contributed by atoms with Gasteiger partial charge in [0.15, 0.2) is 17.5 Å². The Morgan fingerprint density at radius 2 is 2.20 bits per heavy atom. The van der Waals surface area contributed by atoms with Crippen LogP contribution in [0.4, 0.5) is 13.6 Å². The van der Waals surface area contributed by atoms with Crippen molar-refractivity contribution in [2.24, 2.45) is 7.05 Å². The zero-order valence-electron chi connectivity index (χ0n) is 14.2. The molecule has 1 N–H and O–H groups in total. The normalized spacial score (nSPS) is 18.4. The van der Waals surface area contributed by atoms with Crippen molar-refractivity contribution < 1.29 is 13.6 Å². The van der Waals surface area contributed by atoms with Crippen molar-refractivity contribution in [1.29, 1.82) is 0 Å². The van der Waals surface area contributed by atoms with Gasteiger partial charge in [-0.1, -0.05) is 13.0 Å². The largest absolute Gasteiger partial charge is 0.337 e. The van der Waals surface area contributed by atoms with Gasteiger partial charge in [-0.2, -0.15) is 0 Å². The molecule has 0 saturated carbocycles. The Labute approximate surface area is 144 Å². The highest BCUT2D eigenvalue weighted by Crippen LogP contribution is 2.30. The molecule has 1 aromatic carbocycles. The monoisotopic (exact) mass is 349 g/mol. The Balaban J connectivity index is 1.61. The van der Waals surface area contributed by atoms with Crippen LogP contribution in [0.25, 0.3) is 0 Å². The number of likely N-dealkylation sites (tertiary alicyclic amines) is 1. The predicted molar refractivity (Wildman–Crippen MR) is 87.9 cm³/mol. The van der Waals surface area contributed by atoms with Crippen LogP contribution in [-0.4, -0.2) is 38.8 Å². The van der Waals surface area contributed by atoms with Gasteiger partial charge in [0.1, 0.15) is 6.33 Å². The standard InChI is InChI=1S/C17H21F2N5O/c1-11(12-5-6-13(18)14(19)8-12)9-20-17(25)24-7-3-4-15(24)16-22-21-10-23(16)2/h5-6,8,10-11,15H,3-4,7,9H2,1-2H3,(H,20,25). The number of hydrogen-bond donors (Lipinski definition) is 1. The minimum atomic E-state index is -0.877. The number of amides is 2. The van der Waals surface area contributed by atoms with Crippen LogP contribution in [0.1, 0.15) is 43.1 Å². The van der Waals surface area contributed by atoms with Crippen LogP contribution in [0.15, 0.2) is 24.5 Å². The van der Waals surface area contributed by atoms with Crippen molar-refractivity contribution in [2.75, 3.05) is 13.1 Å². The summed E-state index contributed by atoms with van der Waals surface area (Å²) in [5.74, 6) is -1.11. The highest BCUT2D eigenvalue weighted by molar-refractivity contribution is 5.75. The van der Waals surface area contributed by atoms with Gasteiger partial charge in [0, 0.05) is 20.1 Å². The molecule has 1 aliphatic heterocycles. The van der Waals surface area contributed by atoms with E-state index < -0.39 is 11.6 Å². The molecule has 3 rings (SSSR count). The number of aryl methyl sites for hydroxylation is 1. The SMILES string of the molecule is CC(CNC(=O)N1CCCC1c1nncn1C)c1ccc(F)c(F)c1. The van der Waals surface area contributed by atoms with Gasteiger partial charge >= 0.3 is 6.03 Å². The lowest BCUT2D eigenvalue weighted by Crippen LogP contribution is -2.41. The zero-order chi connectivity index (χ0) is 18.0. The summed E-state index contributed by atoms with van der Waals surface area (Å²) in [6.45, 7) is 2.85. The molecule has 25 heavy (non-hydrogen) atoms. The van der Waals surface area contributed by atoms with Gasteiger partial charge in [0.25, 0.3) is 0 Å². The van der Waals surface area contributed by atoms with E-state index in [0.29, 0.717) is 18.7 Å². The molecule has 1 aliphatic rings. The molecular formula is C17H21F2N5O. The highest BCUT2D eigenvalue weighted by atomic mass is 19.2. The molecule has 2 amide bonds. The van der Waals surface area contributed by atoms with Crippen LogP contribution in [-0.2, 0) is 7.05 Å². The molecule has 1 aromatic heterocycles. The number of nitrogens with one attached hydrogen (secondary N) is 1. The second-order valence-electron chi connectivity index (χ2n) is 6.41. The summed E-state index contributed by atoms with van der Waals surface area (Å²) in [5.41, 5.74) is 0.644. The summed E-state index contributed by atoms with van der Waals surface area (Å²) in [6.07, 6.45) is 3.37. The average molecular weight is 349 g/mol. The van der Waals surface area contributed by atoms with Gasteiger partial charge in [0.05, 0.1) is 6.04 Å². The third-order valence-electron chi connectivity index (χ3n) is 4.63. The van der Waals surface area contributed by atoms with Crippen LogP contribution in [0.5, 0.6) is 0 Å². The first-order valence-electron chi connectivity index (χ1n) is 8.30. The lowest BCUT2D eigenvalue weighted by molar-refractivity contribution is 0.189. The number of carbonyl (C=O) groups is 1. The number of nitrogens with zero attached hydrogens (tertiary/aromatic N) is 4. The lowest BCUT2D eigenvalue weighted by atomic mass is 10.0. The minimum absolute atomic E-state index is 0.0916. The molecule has 134 valence electrons. The van der Waals surface area contributed by atoms with Crippen LogP contribution in [0.3, 0.4) is 0 Å². The lowest BCUT2D eigenvalue weighted by Gasteiger charge is -2.25. The Kier molecular flexibility index (Phi) is 4.96. The molecular weight excluding hydrogens is 328 g/mol. The Morgan fingerprint density at radius 3 is 2.88 bits per heavy atom. The van der Waals surface area contributed by atoms with Crippen LogP contribution >= 0.6 is 0 Å². The van der Waals surface area contributed by atoms with Crippen molar-refractivity contribution in [3.05, 3.63) is 47.5 Å². The van der Waals surface area contributed by atoms with Crippen molar-refractivity contribution in [3.8, 4) is 0 Å². The van der Waals surface area contributed by atoms with Crippen LogP contribution < -0.4 is 5.32 Å².